The zero-order valence-electron chi connectivity index (χ0n) is 8.54. The Morgan fingerprint density at radius 1 is 1.60 bits per heavy atom. The number of aliphatic imine (C=N–C) groups is 1. The summed E-state index contributed by atoms with van der Waals surface area (Å²) in [5.41, 5.74) is 5.74. The maximum absolute atomic E-state index is 11.6. The number of hydrogen-bond acceptors (Lipinski definition) is 4. The molecule has 0 radical (unpaired) electrons. The average molecular weight is 224 g/mol. The molecule has 1 aromatic heterocycles. The summed E-state index contributed by atoms with van der Waals surface area (Å²) in [5.74, 6) is 0.337. The van der Waals surface area contributed by atoms with Crippen LogP contribution in [0.5, 0.6) is 0 Å². The van der Waals surface area contributed by atoms with E-state index in [-0.39, 0.29) is 18.1 Å². The minimum atomic E-state index is -0.280. The van der Waals surface area contributed by atoms with Crippen molar-refractivity contribution in [2.24, 2.45) is 10.7 Å². The van der Waals surface area contributed by atoms with Gasteiger partial charge in [-0.3, -0.25) is 0 Å². The van der Waals surface area contributed by atoms with E-state index in [9.17, 15) is 4.79 Å². The second-order valence-electron chi connectivity index (χ2n) is 3.59. The Hall–Kier alpha value is -1.43. The van der Waals surface area contributed by atoms with Crippen molar-refractivity contribution in [3.63, 3.8) is 0 Å². The van der Waals surface area contributed by atoms with Crippen LogP contribution in [0.4, 0.5) is 4.79 Å². The lowest BCUT2D eigenvalue weighted by molar-refractivity contribution is 0.190. The maximum Gasteiger partial charge on any atom is 0.346 e. The van der Waals surface area contributed by atoms with Crippen LogP contribution in [0.25, 0.3) is 0 Å². The molecule has 0 bridgehead atoms. The first-order valence-corrected chi connectivity index (χ1v) is 5.55. The molecule has 1 unspecified atom stereocenters. The Bertz CT molecular complexity index is 398. The van der Waals surface area contributed by atoms with E-state index in [1.807, 2.05) is 19.2 Å². The smallest absolute Gasteiger partial charge is 0.346 e. The van der Waals surface area contributed by atoms with Crippen molar-refractivity contribution >= 4 is 23.2 Å². The highest BCUT2D eigenvalue weighted by molar-refractivity contribution is 7.09. The number of aromatic nitrogens is 1. The van der Waals surface area contributed by atoms with E-state index in [2.05, 4.69) is 9.98 Å². The Balaban J connectivity index is 2.37. The van der Waals surface area contributed by atoms with Gasteiger partial charge in [0.25, 0.3) is 0 Å². The molecule has 0 saturated carbocycles. The van der Waals surface area contributed by atoms with E-state index in [1.54, 1.807) is 11.1 Å². The zero-order chi connectivity index (χ0) is 11.0. The van der Waals surface area contributed by atoms with E-state index >= 15 is 0 Å². The summed E-state index contributed by atoms with van der Waals surface area (Å²) >= 11 is 1.48. The SMILES string of the molecule is CC(C)N1C(=O)N=C(N)C1c1nccs1. The van der Waals surface area contributed by atoms with Crippen LogP contribution in [0.15, 0.2) is 16.6 Å². The Morgan fingerprint density at radius 2 is 2.33 bits per heavy atom. The lowest BCUT2D eigenvalue weighted by atomic mass is 10.2. The van der Waals surface area contributed by atoms with E-state index < -0.39 is 0 Å². The molecule has 1 aliphatic rings. The fourth-order valence-electron chi connectivity index (χ4n) is 1.62. The summed E-state index contributed by atoms with van der Waals surface area (Å²) in [6.07, 6.45) is 1.70. The van der Waals surface area contributed by atoms with Gasteiger partial charge in [-0.05, 0) is 13.8 Å². The van der Waals surface area contributed by atoms with Crippen LogP contribution in [-0.2, 0) is 0 Å². The van der Waals surface area contributed by atoms with Crippen molar-refractivity contribution < 1.29 is 4.79 Å². The first kappa shape index (κ1) is 10.1. The number of amides is 2. The number of carbonyl (C=O) groups is 1. The monoisotopic (exact) mass is 224 g/mol. The summed E-state index contributed by atoms with van der Waals surface area (Å²) in [4.78, 5) is 21.2. The second-order valence-corrected chi connectivity index (χ2v) is 4.52. The zero-order valence-corrected chi connectivity index (χ0v) is 9.36. The predicted molar refractivity (Wildman–Crippen MR) is 58.8 cm³/mol. The van der Waals surface area contributed by atoms with Crippen molar-refractivity contribution in [2.75, 3.05) is 0 Å². The number of carbonyl (C=O) groups excluding carboxylic acids is 1. The molecule has 2 N–H and O–H groups in total. The molecule has 2 amide bonds. The average Bonchev–Trinajstić information content (AvgIpc) is 2.71. The highest BCUT2D eigenvalue weighted by Crippen LogP contribution is 2.29. The van der Waals surface area contributed by atoms with Crippen LogP contribution in [0.2, 0.25) is 0 Å². The molecule has 0 aromatic carbocycles. The van der Waals surface area contributed by atoms with Crippen molar-refractivity contribution in [3.05, 3.63) is 16.6 Å². The maximum atomic E-state index is 11.6. The highest BCUT2D eigenvalue weighted by Gasteiger charge is 2.37. The van der Waals surface area contributed by atoms with Crippen molar-refractivity contribution in [2.45, 2.75) is 25.9 Å². The third kappa shape index (κ3) is 1.61. The molecule has 0 saturated heterocycles. The molecule has 2 heterocycles. The second kappa shape index (κ2) is 3.62. The Kier molecular flexibility index (Phi) is 2.44. The molecule has 80 valence electrons. The Labute approximate surface area is 91.6 Å². The van der Waals surface area contributed by atoms with E-state index in [4.69, 9.17) is 5.73 Å². The van der Waals surface area contributed by atoms with Crippen LogP contribution in [-0.4, -0.2) is 27.8 Å². The molecule has 6 heteroatoms. The quantitative estimate of drug-likeness (QED) is 0.825. The predicted octanol–water partition coefficient (Wildman–Crippen LogP) is 1.39. The van der Waals surface area contributed by atoms with Gasteiger partial charge in [0, 0.05) is 17.6 Å². The molecular weight excluding hydrogens is 212 g/mol. The number of urea groups is 1. The number of rotatable bonds is 2. The van der Waals surface area contributed by atoms with E-state index in [0.29, 0.717) is 5.84 Å². The van der Waals surface area contributed by atoms with Gasteiger partial charge in [0.05, 0.1) is 0 Å². The van der Waals surface area contributed by atoms with Crippen molar-refractivity contribution in [1.29, 1.82) is 0 Å². The molecular formula is C9H12N4OS. The van der Waals surface area contributed by atoms with Gasteiger partial charge in [0.15, 0.2) is 0 Å². The van der Waals surface area contributed by atoms with Crippen molar-refractivity contribution in [3.8, 4) is 0 Å². The van der Waals surface area contributed by atoms with Gasteiger partial charge in [-0.2, -0.15) is 4.99 Å². The Morgan fingerprint density at radius 3 is 2.87 bits per heavy atom. The van der Waals surface area contributed by atoms with E-state index in [1.165, 1.54) is 11.3 Å². The minimum absolute atomic E-state index is 0.0659. The molecule has 0 spiro atoms. The third-order valence-corrected chi connectivity index (χ3v) is 3.07. The topological polar surface area (TPSA) is 71.6 Å². The molecule has 0 fully saturated rings. The van der Waals surface area contributed by atoms with Crippen LogP contribution < -0.4 is 5.73 Å². The van der Waals surface area contributed by atoms with Crippen molar-refractivity contribution in [1.82, 2.24) is 9.88 Å². The van der Waals surface area contributed by atoms with Gasteiger partial charge in [-0.15, -0.1) is 11.3 Å². The van der Waals surface area contributed by atoms with Gasteiger partial charge in [0.1, 0.15) is 16.9 Å². The van der Waals surface area contributed by atoms with Crippen LogP contribution in [0, 0.1) is 0 Å². The number of thiazole rings is 1. The highest BCUT2D eigenvalue weighted by atomic mass is 32.1. The largest absolute Gasteiger partial charge is 0.385 e. The number of nitrogens with two attached hydrogens (primary N) is 1. The molecule has 5 nitrogen and oxygen atoms in total. The van der Waals surface area contributed by atoms with Gasteiger partial charge >= 0.3 is 6.03 Å². The first-order chi connectivity index (χ1) is 7.11. The van der Waals surface area contributed by atoms with Crippen LogP contribution >= 0.6 is 11.3 Å². The minimum Gasteiger partial charge on any atom is -0.385 e. The molecule has 0 aliphatic carbocycles. The van der Waals surface area contributed by atoms with Crippen LogP contribution in [0.1, 0.15) is 24.9 Å². The summed E-state index contributed by atoms with van der Waals surface area (Å²) in [5, 5.41) is 2.68. The summed E-state index contributed by atoms with van der Waals surface area (Å²) in [7, 11) is 0. The third-order valence-electron chi connectivity index (χ3n) is 2.25. The lowest BCUT2D eigenvalue weighted by Gasteiger charge is -2.26. The fraction of sp³-hybridized carbons (Fsp3) is 0.444. The molecule has 1 atom stereocenters. The summed E-state index contributed by atoms with van der Waals surface area (Å²) < 4.78 is 0. The molecule has 2 rings (SSSR count). The number of hydrogen-bond donors (Lipinski definition) is 1. The molecule has 1 aromatic rings. The van der Waals surface area contributed by atoms with Gasteiger partial charge in [0.2, 0.25) is 0 Å². The van der Waals surface area contributed by atoms with Crippen LogP contribution in [0.3, 0.4) is 0 Å². The molecule has 15 heavy (non-hydrogen) atoms. The fourth-order valence-corrected chi connectivity index (χ4v) is 2.36. The number of nitrogens with zero attached hydrogens (tertiary/aromatic N) is 3. The van der Waals surface area contributed by atoms with E-state index in [0.717, 1.165) is 5.01 Å². The van der Waals surface area contributed by atoms with Gasteiger partial charge in [-0.25, -0.2) is 9.78 Å². The summed E-state index contributed by atoms with van der Waals surface area (Å²) in [6, 6.07) is -0.489. The normalized spacial score (nSPS) is 21.3. The summed E-state index contributed by atoms with van der Waals surface area (Å²) in [6.45, 7) is 3.87. The van der Waals surface area contributed by atoms with Gasteiger partial charge in [-0.1, -0.05) is 0 Å². The standard InChI is InChI=1S/C9H12N4OS/c1-5(2)13-6(7(10)12-9(13)14)8-11-3-4-15-8/h3-6H,1-2H3,(H2,10,12,14). The lowest BCUT2D eigenvalue weighted by Crippen LogP contribution is -2.38. The number of amidine groups is 1. The van der Waals surface area contributed by atoms with Gasteiger partial charge < -0.3 is 10.6 Å². The molecule has 1 aliphatic heterocycles. The first-order valence-electron chi connectivity index (χ1n) is 4.67.